The van der Waals surface area contributed by atoms with Gasteiger partial charge in [0.2, 0.25) is 0 Å². The lowest BCUT2D eigenvalue weighted by Gasteiger charge is -2.18. The summed E-state index contributed by atoms with van der Waals surface area (Å²) in [5.41, 5.74) is 6.64. The number of rotatable bonds is 4. The average molecular weight is 293 g/mol. The van der Waals surface area contributed by atoms with Gasteiger partial charge in [-0.25, -0.2) is 4.39 Å². The van der Waals surface area contributed by atoms with E-state index in [1.165, 1.54) is 17.2 Å². The van der Waals surface area contributed by atoms with Crippen LogP contribution in [0.4, 0.5) is 4.39 Å². The maximum atomic E-state index is 14.1. The first-order chi connectivity index (χ1) is 9.51. The van der Waals surface area contributed by atoms with E-state index in [9.17, 15) is 4.39 Å². The van der Waals surface area contributed by atoms with Gasteiger partial charge in [0.25, 0.3) is 0 Å². The molecule has 2 aromatic rings. The number of hydrogen-bond donors (Lipinski definition) is 2. The second kappa shape index (κ2) is 6.35. The number of hydrogen-bond acceptors (Lipinski definition) is 2. The molecule has 2 aromatic carbocycles. The van der Waals surface area contributed by atoms with E-state index < -0.39 is 5.82 Å². The predicted octanol–water partition coefficient (Wildman–Crippen LogP) is 3.84. The van der Waals surface area contributed by atoms with Gasteiger partial charge in [-0.1, -0.05) is 53.1 Å². The zero-order valence-corrected chi connectivity index (χ0v) is 12.3. The molecule has 106 valence electrons. The highest BCUT2D eigenvalue weighted by atomic mass is 35.5. The zero-order valence-electron chi connectivity index (χ0n) is 11.6. The van der Waals surface area contributed by atoms with Crippen molar-refractivity contribution in [3.63, 3.8) is 0 Å². The van der Waals surface area contributed by atoms with Gasteiger partial charge in [0.05, 0.1) is 11.1 Å². The Morgan fingerprint density at radius 3 is 2.45 bits per heavy atom. The third-order valence-electron chi connectivity index (χ3n) is 3.28. The summed E-state index contributed by atoms with van der Waals surface area (Å²) >= 11 is 5.82. The second-order valence-corrected chi connectivity index (χ2v) is 5.47. The highest BCUT2D eigenvalue weighted by Gasteiger charge is 2.17. The first kappa shape index (κ1) is 15.0. The Morgan fingerprint density at radius 1 is 1.20 bits per heavy atom. The highest BCUT2D eigenvalue weighted by molar-refractivity contribution is 6.30. The number of hydrazine groups is 1. The van der Waals surface area contributed by atoms with Crippen LogP contribution in [0, 0.1) is 19.7 Å². The van der Waals surface area contributed by atoms with Crippen LogP contribution in [0.1, 0.15) is 28.3 Å². The Bertz CT molecular complexity index is 593. The van der Waals surface area contributed by atoms with Crippen molar-refractivity contribution in [3.8, 4) is 0 Å². The van der Waals surface area contributed by atoms with Crippen LogP contribution in [0.5, 0.6) is 0 Å². The standard InChI is InChI=1S/C16H18ClFN2/c1-10-6-11(2)8-12(7-10)9-15(20-19)13-4-3-5-14(17)16(13)18/h3-8,15,20H,9,19H2,1-2H3. The molecule has 0 aliphatic rings. The van der Waals surface area contributed by atoms with Crippen molar-refractivity contribution in [3.05, 3.63) is 69.5 Å². The molecule has 0 heterocycles. The zero-order chi connectivity index (χ0) is 14.7. The summed E-state index contributed by atoms with van der Waals surface area (Å²) in [6, 6.07) is 10.9. The number of aryl methyl sites for hydroxylation is 2. The number of nitrogens with two attached hydrogens (primary N) is 1. The molecule has 4 heteroatoms. The molecule has 2 rings (SSSR count). The third-order valence-corrected chi connectivity index (χ3v) is 3.57. The fourth-order valence-electron chi connectivity index (χ4n) is 2.47. The molecule has 1 unspecified atom stereocenters. The normalized spacial score (nSPS) is 12.4. The lowest BCUT2D eigenvalue weighted by Crippen LogP contribution is -2.30. The van der Waals surface area contributed by atoms with Crippen LogP contribution in [0.25, 0.3) is 0 Å². The minimum absolute atomic E-state index is 0.114. The van der Waals surface area contributed by atoms with Gasteiger partial charge in [-0.05, 0) is 31.9 Å². The van der Waals surface area contributed by atoms with Crippen molar-refractivity contribution in [1.29, 1.82) is 0 Å². The van der Waals surface area contributed by atoms with Gasteiger partial charge >= 0.3 is 0 Å². The summed E-state index contributed by atoms with van der Waals surface area (Å²) in [5.74, 6) is 5.17. The van der Waals surface area contributed by atoms with E-state index in [4.69, 9.17) is 17.4 Å². The molecule has 2 nitrogen and oxygen atoms in total. The van der Waals surface area contributed by atoms with Gasteiger partial charge in [-0.15, -0.1) is 0 Å². The summed E-state index contributed by atoms with van der Waals surface area (Å²) in [6.45, 7) is 4.09. The van der Waals surface area contributed by atoms with E-state index in [2.05, 4.69) is 23.6 Å². The molecular formula is C16H18ClFN2. The van der Waals surface area contributed by atoms with Gasteiger partial charge in [0, 0.05) is 5.56 Å². The van der Waals surface area contributed by atoms with Gasteiger partial charge < -0.3 is 0 Å². The van der Waals surface area contributed by atoms with E-state index in [0.717, 1.165) is 5.56 Å². The molecule has 0 radical (unpaired) electrons. The van der Waals surface area contributed by atoms with Crippen molar-refractivity contribution in [2.75, 3.05) is 0 Å². The Balaban J connectivity index is 2.31. The monoisotopic (exact) mass is 292 g/mol. The number of benzene rings is 2. The largest absolute Gasteiger partial charge is 0.271 e. The van der Waals surface area contributed by atoms with Crippen molar-refractivity contribution in [2.24, 2.45) is 5.84 Å². The van der Waals surface area contributed by atoms with Crippen molar-refractivity contribution < 1.29 is 4.39 Å². The van der Waals surface area contributed by atoms with E-state index in [1.54, 1.807) is 12.1 Å². The van der Waals surface area contributed by atoms with Gasteiger partial charge in [-0.2, -0.15) is 0 Å². The molecule has 0 fully saturated rings. The van der Waals surface area contributed by atoms with Crippen LogP contribution in [0.2, 0.25) is 5.02 Å². The van der Waals surface area contributed by atoms with Crippen LogP contribution in [-0.2, 0) is 6.42 Å². The summed E-state index contributed by atoms with van der Waals surface area (Å²) < 4.78 is 14.1. The molecule has 0 bridgehead atoms. The Labute approximate surface area is 123 Å². The first-order valence-corrected chi connectivity index (χ1v) is 6.86. The van der Waals surface area contributed by atoms with Crippen LogP contribution in [0.15, 0.2) is 36.4 Å². The lowest BCUT2D eigenvalue weighted by molar-refractivity contribution is 0.510. The average Bonchev–Trinajstić information content (AvgIpc) is 2.38. The fraction of sp³-hybridized carbons (Fsp3) is 0.250. The Hall–Kier alpha value is -1.42. The van der Waals surface area contributed by atoms with Crippen molar-refractivity contribution >= 4 is 11.6 Å². The van der Waals surface area contributed by atoms with Crippen LogP contribution in [0.3, 0.4) is 0 Å². The second-order valence-electron chi connectivity index (χ2n) is 5.06. The molecule has 1 atom stereocenters. The van der Waals surface area contributed by atoms with Crippen molar-refractivity contribution in [2.45, 2.75) is 26.3 Å². The van der Waals surface area contributed by atoms with Crippen LogP contribution in [-0.4, -0.2) is 0 Å². The van der Waals surface area contributed by atoms with Crippen molar-refractivity contribution in [1.82, 2.24) is 5.43 Å². The summed E-state index contributed by atoms with van der Waals surface area (Å²) in [5, 5.41) is 0.114. The van der Waals surface area contributed by atoms with Gasteiger partial charge in [0.1, 0.15) is 5.82 Å². The smallest absolute Gasteiger partial charge is 0.146 e. The molecule has 0 saturated carbocycles. The quantitative estimate of drug-likeness (QED) is 0.664. The molecular weight excluding hydrogens is 275 g/mol. The molecule has 0 aromatic heterocycles. The Kier molecular flexibility index (Phi) is 4.76. The SMILES string of the molecule is Cc1cc(C)cc(CC(NN)c2cccc(Cl)c2F)c1. The molecule has 0 spiro atoms. The van der Waals surface area contributed by atoms with Gasteiger partial charge in [-0.3, -0.25) is 11.3 Å². The minimum Gasteiger partial charge on any atom is -0.271 e. The third kappa shape index (κ3) is 3.37. The fourth-order valence-corrected chi connectivity index (χ4v) is 2.65. The van der Waals surface area contributed by atoms with E-state index in [1.807, 2.05) is 13.8 Å². The maximum absolute atomic E-state index is 14.1. The Morgan fingerprint density at radius 2 is 1.85 bits per heavy atom. The number of halogens is 2. The van der Waals surface area contributed by atoms with E-state index in [-0.39, 0.29) is 11.1 Å². The molecule has 0 aliphatic heterocycles. The first-order valence-electron chi connectivity index (χ1n) is 6.48. The summed E-state index contributed by atoms with van der Waals surface area (Å²) in [6.07, 6.45) is 0.607. The topological polar surface area (TPSA) is 38.0 Å². The predicted molar refractivity (Wildman–Crippen MR) is 81.1 cm³/mol. The van der Waals surface area contributed by atoms with E-state index in [0.29, 0.717) is 12.0 Å². The van der Waals surface area contributed by atoms with Crippen LogP contribution >= 0.6 is 11.6 Å². The lowest BCUT2D eigenvalue weighted by atomic mass is 9.96. The molecule has 20 heavy (non-hydrogen) atoms. The number of nitrogens with one attached hydrogen (secondary N) is 1. The summed E-state index contributed by atoms with van der Waals surface area (Å²) in [7, 11) is 0. The van der Waals surface area contributed by atoms with Gasteiger partial charge in [0.15, 0.2) is 0 Å². The molecule has 0 saturated heterocycles. The highest BCUT2D eigenvalue weighted by Crippen LogP contribution is 2.26. The molecule has 0 aliphatic carbocycles. The summed E-state index contributed by atoms with van der Waals surface area (Å²) in [4.78, 5) is 0. The van der Waals surface area contributed by atoms with E-state index >= 15 is 0 Å². The molecule has 0 amide bonds. The molecule has 3 N–H and O–H groups in total. The van der Waals surface area contributed by atoms with Crippen LogP contribution < -0.4 is 11.3 Å². The maximum Gasteiger partial charge on any atom is 0.146 e. The minimum atomic E-state index is -0.415.